The number of aliphatic hydroxyl groups is 1. The van der Waals surface area contributed by atoms with Crippen LogP contribution in [0, 0.1) is 0 Å². The summed E-state index contributed by atoms with van der Waals surface area (Å²) in [5.74, 6) is -0.0887. The highest BCUT2D eigenvalue weighted by Crippen LogP contribution is 2.45. The molecular formula is C26H20Cl2F7NO3. The summed E-state index contributed by atoms with van der Waals surface area (Å²) in [7, 11) is 0. The number of alkyl halides is 7. The summed E-state index contributed by atoms with van der Waals surface area (Å²) in [6.07, 6.45) is -16.1. The normalized spacial score (nSPS) is 16.7. The van der Waals surface area contributed by atoms with Crippen LogP contribution in [0.3, 0.4) is 0 Å². The van der Waals surface area contributed by atoms with Gasteiger partial charge >= 0.3 is 18.7 Å². The van der Waals surface area contributed by atoms with Gasteiger partial charge in [0, 0.05) is 11.3 Å². The summed E-state index contributed by atoms with van der Waals surface area (Å²) < 4.78 is 102. The van der Waals surface area contributed by atoms with E-state index in [4.69, 9.17) is 27.9 Å². The fourth-order valence-corrected chi connectivity index (χ4v) is 4.64. The number of rotatable bonds is 8. The Hall–Kier alpha value is -2.89. The average Bonchev–Trinajstić information content (AvgIpc) is 2.86. The van der Waals surface area contributed by atoms with E-state index in [1.54, 1.807) is 24.3 Å². The van der Waals surface area contributed by atoms with Crippen LogP contribution in [-0.2, 0) is 6.42 Å². The molecule has 0 aliphatic carbocycles. The summed E-state index contributed by atoms with van der Waals surface area (Å²) in [5, 5.41) is 10.3. The predicted octanol–water partition coefficient (Wildman–Crippen LogP) is 8.44. The highest BCUT2D eigenvalue weighted by molar-refractivity contribution is 6.42. The van der Waals surface area contributed by atoms with Crippen molar-refractivity contribution in [2.24, 2.45) is 0 Å². The molecule has 4 nitrogen and oxygen atoms in total. The maximum atomic E-state index is 13.5. The summed E-state index contributed by atoms with van der Waals surface area (Å²) >= 11 is 12.3. The van der Waals surface area contributed by atoms with Crippen molar-refractivity contribution in [2.45, 2.75) is 43.7 Å². The van der Waals surface area contributed by atoms with E-state index in [0.29, 0.717) is 5.56 Å². The van der Waals surface area contributed by atoms with E-state index >= 15 is 0 Å². The summed E-state index contributed by atoms with van der Waals surface area (Å²) in [5.41, 5.74) is 1.02. The molecule has 0 saturated heterocycles. The molecule has 0 bridgehead atoms. The molecule has 0 radical (unpaired) electrons. The number of ether oxygens (including phenoxy) is 2. The molecule has 2 unspecified atom stereocenters. The van der Waals surface area contributed by atoms with Gasteiger partial charge in [0.05, 0.1) is 17.6 Å². The molecule has 39 heavy (non-hydrogen) atoms. The maximum absolute atomic E-state index is 13.5. The Morgan fingerprint density at radius 3 is 2.31 bits per heavy atom. The van der Waals surface area contributed by atoms with E-state index in [2.05, 4.69) is 4.74 Å². The van der Waals surface area contributed by atoms with Crippen molar-refractivity contribution in [3.05, 3.63) is 81.8 Å². The summed E-state index contributed by atoms with van der Waals surface area (Å²) in [6, 6.07) is 13.3. The van der Waals surface area contributed by atoms with Gasteiger partial charge in [-0.3, -0.25) is 0 Å². The first kappa shape index (κ1) is 29.1. The number of halogens is 9. The second kappa shape index (κ2) is 11.3. The standard InChI is InChI=1S/C26H20Cl2F7NO3/c27-17-6-2-9-21(23(17)28)38-20-8-3-7-19-16(20)10-11-18(36(19)13-22(37)25(31,32)33)14-4-1-5-15(12-14)39-26(34,35)24(29)30/h1-9,12,18,22,24,37H,10-11,13H2. The number of benzene rings is 3. The van der Waals surface area contributed by atoms with Crippen molar-refractivity contribution in [3.8, 4) is 17.2 Å². The van der Waals surface area contributed by atoms with Gasteiger partial charge in [-0.05, 0) is 54.8 Å². The zero-order chi connectivity index (χ0) is 28.5. The lowest BCUT2D eigenvalue weighted by Gasteiger charge is -2.41. The second-order valence-corrected chi connectivity index (χ2v) is 9.49. The van der Waals surface area contributed by atoms with Gasteiger partial charge in [-0.15, -0.1) is 0 Å². The lowest BCUT2D eigenvalue weighted by atomic mass is 9.90. The molecule has 0 saturated carbocycles. The lowest BCUT2D eigenvalue weighted by Crippen LogP contribution is -2.44. The number of hydrogen-bond donors (Lipinski definition) is 1. The van der Waals surface area contributed by atoms with Crippen molar-refractivity contribution in [2.75, 3.05) is 11.4 Å². The monoisotopic (exact) mass is 597 g/mol. The molecule has 1 aliphatic heterocycles. The third-order valence-corrected chi connectivity index (χ3v) is 6.90. The van der Waals surface area contributed by atoms with Crippen molar-refractivity contribution < 1.29 is 45.3 Å². The first-order chi connectivity index (χ1) is 18.3. The number of fused-ring (bicyclic) bond motifs is 1. The Morgan fingerprint density at radius 1 is 0.949 bits per heavy atom. The Balaban J connectivity index is 1.73. The number of β-amino-alcohol motifs (C(OH)–C–C–N with tert-alkyl or cyclic N) is 1. The van der Waals surface area contributed by atoms with Gasteiger partial charge < -0.3 is 19.5 Å². The lowest BCUT2D eigenvalue weighted by molar-refractivity contribution is -0.253. The quantitative estimate of drug-likeness (QED) is 0.265. The van der Waals surface area contributed by atoms with Crippen LogP contribution in [-0.4, -0.2) is 36.5 Å². The molecule has 0 spiro atoms. The van der Waals surface area contributed by atoms with Gasteiger partial charge in [0.25, 0.3) is 0 Å². The molecule has 13 heteroatoms. The fraction of sp³-hybridized carbons (Fsp3) is 0.308. The Morgan fingerprint density at radius 2 is 1.62 bits per heavy atom. The Kier molecular flexibility index (Phi) is 8.44. The molecule has 0 fully saturated rings. The molecule has 0 aromatic heterocycles. The maximum Gasteiger partial charge on any atom is 0.461 e. The van der Waals surface area contributed by atoms with E-state index in [9.17, 15) is 35.8 Å². The Labute approximate surface area is 228 Å². The third kappa shape index (κ3) is 6.47. The van der Waals surface area contributed by atoms with E-state index in [1.807, 2.05) is 0 Å². The predicted molar refractivity (Wildman–Crippen MR) is 131 cm³/mol. The Bertz CT molecular complexity index is 1320. The molecule has 2 atom stereocenters. The van der Waals surface area contributed by atoms with Crippen molar-refractivity contribution in [1.82, 2.24) is 0 Å². The largest absolute Gasteiger partial charge is 0.461 e. The minimum atomic E-state index is -4.95. The van der Waals surface area contributed by atoms with Gasteiger partial charge in [-0.25, -0.2) is 0 Å². The topological polar surface area (TPSA) is 41.9 Å². The average molecular weight is 598 g/mol. The second-order valence-electron chi connectivity index (χ2n) is 8.71. The molecular weight excluding hydrogens is 578 g/mol. The van der Waals surface area contributed by atoms with Crippen LogP contribution in [0.25, 0.3) is 0 Å². The zero-order valence-electron chi connectivity index (χ0n) is 19.7. The van der Waals surface area contributed by atoms with E-state index in [-0.39, 0.29) is 45.6 Å². The molecule has 1 heterocycles. The van der Waals surface area contributed by atoms with Crippen molar-refractivity contribution in [1.29, 1.82) is 0 Å². The first-order valence-corrected chi connectivity index (χ1v) is 12.2. The fourth-order valence-electron chi connectivity index (χ4n) is 4.31. The van der Waals surface area contributed by atoms with Gasteiger partial charge in [-0.1, -0.05) is 47.5 Å². The van der Waals surface area contributed by atoms with Gasteiger partial charge in [0.1, 0.15) is 22.3 Å². The number of anilines is 1. The summed E-state index contributed by atoms with van der Waals surface area (Å²) in [4.78, 5) is 1.27. The minimum Gasteiger partial charge on any atom is -0.455 e. The van der Waals surface area contributed by atoms with Gasteiger partial charge in [0.2, 0.25) is 0 Å². The number of hydrogen-bond acceptors (Lipinski definition) is 4. The SMILES string of the molecule is OC(CN1c2cccc(Oc3cccc(Cl)c3Cl)c2CCC1c1cccc(OC(F)(F)C(F)F)c1)C(F)(F)F. The van der Waals surface area contributed by atoms with Gasteiger partial charge in [-0.2, -0.15) is 30.7 Å². The zero-order valence-corrected chi connectivity index (χ0v) is 21.3. The van der Waals surface area contributed by atoms with Crippen molar-refractivity contribution >= 4 is 28.9 Å². The van der Waals surface area contributed by atoms with Crippen LogP contribution in [0.15, 0.2) is 60.7 Å². The van der Waals surface area contributed by atoms with Crippen LogP contribution < -0.4 is 14.4 Å². The van der Waals surface area contributed by atoms with Crippen LogP contribution >= 0.6 is 23.2 Å². The number of nitrogens with zero attached hydrogens (tertiary/aromatic N) is 1. The highest BCUT2D eigenvalue weighted by atomic mass is 35.5. The molecule has 1 N–H and O–H groups in total. The molecule has 3 aromatic rings. The van der Waals surface area contributed by atoms with Crippen LogP contribution in [0.1, 0.15) is 23.6 Å². The molecule has 1 aliphatic rings. The third-order valence-electron chi connectivity index (χ3n) is 6.10. The number of aliphatic hydroxyl groups excluding tert-OH is 1. The minimum absolute atomic E-state index is 0.132. The smallest absolute Gasteiger partial charge is 0.455 e. The molecule has 3 aromatic carbocycles. The molecule has 210 valence electrons. The van der Waals surface area contributed by atoms with Crippen LogP contribution in [0.5, 0.6) is 17.2 Å². The highest BCUT2D eigenvalue weighted by Gasteiger charge is 2.44. The van der Waals surface area contributed by atoms with E-state index in [0.717, 1.165) is 12.1 Å². The first-order valence-electron chi connectivity index (χ1n) is 11.5. The van der Waals surface area contributed by atoms with Crippen LogP contribution in [0.4, 0.5) is 36.4 Å². The summed E-state index contributed by atoms with van der Waals surface area (Å²) in [6.45, 7) is -0.902. The van der Waals surface area contributed by atoms with E-state index < -0.39 is 43.2 Å². The van der Waals surface area contributed by atoms with Crippen molar-refractivity contribution in [3.63, 3.8) is 0 Å². The molecule has 0 amide bonds. The van der Waals surface area contributed by atoms with E-state index in [1.165, 1.54) is 29.2 Å². The van der Waals surface area contributed by atoms with Gasteiger partial charge in [0.15, 0.2) is 6.10 Å². The van der Waals surface area contributed by atoms with Crippen LogP contribution in [0.2, 0.25) is 10.0 Å². The molecule has 4 rings (SSSR count).